The lowest BCUT2D eigenvalue weighted by Gasteiger charge is -2.04. The second-order valence-corrected chi connectivity index (χ2v) is 3.94. The van der Waals surface area contributed by atoms with Crippen LogP contribution in [0.2, 0.25) is 0 Å². The van der Waals surface area contributed by atoms with Crippen molar-refractivity contribution >= 4 is 5.97 Å². The number of esters is 1. The summed E-state index contributed by atoms with van der Waals surface area (Å²) in [5.41, 5.74) is 0. The third-order valence-corrected chi connectivity index (χ3v) is 2.38. The van der Waals surface area contributed by atoms with Gasteiger partial charge in [-0.2, -0.15) is 0 Å². The lowest BCUT2D eigenvalue weighted by atomic mass is 10.2. The molecule has 0 rings (SSSR count). The number of carbonyl (C=O) groups excluding carboxylic acids is 1. The van der Waals surface area contributed by atoms with Gasteiger partial charge >= 0.3 is 5.97 Å². The Bertz CT molecular complexity index is 157. The third-order valence-electron chi connectivity index (χ3n) is 2.38. The van der Waals surface area contributed by atoms with Gasteiger partial charge in [0.15, 0.2) is 0 Å². The van der Waals surface area contributed by atoms with Crippen molar-refractivity contribution in [3.05, 3.63) is 0 Å². The Morgan fingerprint density at radius 1 is 0.938 bits per heavy atom. The minimum atomic E-state index is -0.0878. The second kappa shape index (κ2) is 12.5. The van der Waals surface area contributed by atoms with E-state index in [1.807, 2.05) is 6.92 Å². The highest BCUT2D eigenvalue weighted by molar-refractivity contribution is 5.69. The maximum atomic E-state index is 11.2. The normalized spacial score (nSPS) is 10.4. The van der Waals surface area contributed by atoms with Gasteiger partial charge in [0.2, 0.25) is 0 Å². The zero-order valence-corrected chi connectivity index (χ0v) is 10.8. The van der Waals surface area contributed by atoms with E-state index < -0.39 is 0 Å². The van der Waals surface area contributed by atoms with Gasteiger partial charge in [-0.3, -0.25) is 4.79 Å². The fourth-order valence-corrected chi connectivity index (χ4v) is 1.43. The van der Waals surface area contributed by atoms with Crippen LogP contribution >= 0.6 is 0 Å². The summed E-state index contributed by atoms with van der Waals surface area (Å²) in [4.78, 5) is 11.2. The van der Waals surface area contributed by atoms with Crippen LogP contribution in [0.15, 0.2) is 0 Å². The van der Waals surface area contributed by atoms with Crippen LogP contribution in [-0.2, 0) is 14.3 Å². The first-order valence-corrected chi connectivity index (χ1v) is 6.54. The molecular weight excluding hydrogens is 204 g/mol. The van der Waals surface area contributed by atoms with Gasteiger partial charge in [-0.15, -0.1) is 0 Å². The molecule has 0 aliphatic rings. The average molecular weight is 230 g/mol. The Labute approximate surface area is 99.5 Å². The Morgan fingerprint density at radius 3 is 2.38 bits per heavy atom. The molecule has 3 heteroatoms. The number of hydrogen-bond acceptors (Lipinski definition) is 3. The molecule has 0 aromatic heterocycles. The van der Waals surface area contributed by atoms with Gasteiger partial charge in [-0.1, -0.05) is 32.6 Å². The van der Waals surface area contributed by atoms with Gasteiger partial charge in [-0.25, -0.2) is 0 Å². The molecule has 0 unspecified atom stereocenters. The van der Waals surface area contributed by atoms with Crippen molar-refractivity contribution in [2.75, 3.05) is 19.8 Å². The zero-order valence-electron chi connectivity index (χ0n) is 10.8. The van der Waals surface area contributed by atoms with Crippen molar-refractivity contribution in [2.24, 2.45) is 0 Å². The van der Waals surface area contributed by atoms with E-state index >= 15 is 0 Å². The van der Waals surface area contributed by atoms with Crippen LogP contribution in [0.1, 0.15) is 58.8 Å². The van der Waals surface area contributed by atoms with Gasteiger partial charge in [0, 0.05) is 19.6 Å². The molecule has 0 saturated heterocycles. The molecule has 16 heavy (non-hydrogen) atoms. The van der Waals surface area contributed by atoms with Crippen LogP contribution in [0.4, 0.5) is 0 Å². The molecule has 0 N–H and O–H groups in total. The highest BCUT2D eigenvalue weighted by Gasteiger charge is 2.01. The standard InChI is InChI=1S/C13H26O3/c1-3-5-6-7-8-12-16-13(14)10-9-11-15-4-2/h3-12H2,1-2H3. The van der Waals surface area contributed by atoms with Crippen molar-refractivity contribution in [2.45, 2.75) is 58.8 Å². The molecule has 0 saturated carbocycles. The SMILES string of the molecule is CCCCCCCOC(=O)CCCOCC. The summed E-state index contributed by atoms with van der Waals surface area (Å²) in [5.74, 6) is -0.0878. The van der Waals surface area contributed by atoms with E-state index in [-0.39, 0.29) is 5.97 Å². The maximum absolute atomic E-state index is 11.2. The minimum Gasteiger partial charge on any atom is -0.466 e. The van der Waals surface area contributed by atoms with Gasteiger partial charge in [0.05, 0.1) is 6.61 Å². The van der Waals surface area contributed by atoms with Gasteiger partial charge in [0.25, 0.3) is 0 Å². The zero-order chi connectivity index (χ0) is 12.1. The van der Waals surface area contributed by atoms with Crippen LogP contribution in [0, 0.1) is 0 Å². The predicted octanol–water partition coefficient (Wildman–Crippen LogP) is 3.32. The Balaban J connectivity index is 3.11. The van der Waals surface area contributed by atoms with Crippen LogP contribution in [0.5, 0.6) is 0 Å². The van der Waals surface area contributed by atoms with Gasteiger partial charge in [0.1, 0.15) is 0 Å². The summed E-state index contributed by atoms with van der Waals surface area (Å²) in [7, 11) is 0. The number of ether oxygens (including phenoxy) is 2. The number of rotatable bonds is 11. The summed E-state index contributed by atoms with van der Waals surface area (Å²) in [5, 5.41) is 0. The Morgan fingerprint density at radius 2 is 1.69 bits per heavy atom. The maximum Gasteiger partial charge on any atom is 0.305 e. The van der Waals surface area contributed by atoms with Crippen LogP contribution in [-0.4, -0.2) is 25.8 Å². The van der Waals surface area contributed by atoms with Crippen molar-refractivity contribution in [1.82, 2.24) is 0 Å². The molecule has 0 bridgehead atoms. The van der Waals surface area contributed by atoms with E-state index in [2.05, 4.69) is 6.92 Å². The summed E-state index contributed by atoms with van der Waals surface area (Å²) in [6.45, 7) is 6.10. The summed E-state index contributed by atoms with van der Waals surface area (Å²) in [6.07, 6.45) is 7.19. The van der Waals surface area contributed by atoms with E-state index in [0.717, 1.165) is 12.8 Å². The molecule has 0 spiro atoms. The van der Waals surface area contributed by atoms with E-state index in [1.165, 1.54) is 25.7 Å². The minimum absolute atomic E-state index is 0.0878. The van der Waals surface area contributed by atoms with Crippen molar-refractivity contribution < 1.29 is 14.3 Å². The Kier molecular flexibility index (Phi) is 12.1. The first-order valence-electron chi connectivity index (χ1n) is 6.54. The monoisotopic (exact) mass is 230 g/mol. The van der Waals surface area contributed by atoms with Gasteiger partial charge < -0.3 is 9.47 Å². The molecule has 3 nitrogen and oxygen atoms in total. The smallest absolute Gasteiger partial charge is 0.305 e. The number of hydrogen-bond donors (Lipinski definition) is 0. The fraction of sp³-hybridized carbons (Fsp3) is 0.923. The summed E-state index contributed by atoms with van der Waals surface area (Å²) < 4.78 is 10.3. The number of unbranched alkanes of at least 4 members (excludes halogenated alkanes) is 4. The van der Waals surface area contributed by atoms with E-state index in [1.54, 1.807) is 0 Å². The van der Waals surface area contributed by atoms with Crippen LogP contribution in [0.3, 0.4) is 0 Å². The predicted molar refractivity (Wildman–Crippen MR) is 65.4 cm³/mol. The molecule has 0 radical (unpaired) electrons. The van der Waals surface area contributed by atoms with E-state index in [0.29, 0.717) is 26.2 Å². The molecule has 0 aliphatic carbocycles. The van der Waals surface area contributed by atoms with Crippen molar-refractivity contribution in [1.29, 1.82) is 0 Å². The Hall–Kier alpha value is -0.570. The topological polar surface area (TPSA) is 35.5 Å². The average Bonchev–Trinajstić information content (AvgIpc) is 2.29. The molecular formula is C13H26O3. The van der Waals surface area contributed by atoms with Crippen LogP contribution < -0.4 is 0 Å². The molecule has 96 valence electrons. The largest absolute Gasteiger partial charge is 0.466 e. The molecule has 0 atom stereocenters. The highest BCUT2D eigenvalue weighted by Crippen LogP contribution is 2.03. The molecule has 0 aromatic rings. The first-order chi connectivity index (χ1) is 7.81. The fourth-order valence-electron chi connectivity index (χ4n) is 1.43. The lowest BCUT2D eigenvalue weighted by molar-refractivity contribution is -0.144. The third kappa shape index (κ3) is 11.5. The highest BCUT2D eigenvalue weighted by atomic mass is 16.5. The molecule has 0 amide bonds. The van der Waals surface area contributed by atoms with E-state index in [9.17, 15) is 4.79 Å². The molecule has 0 aliphatic heterocycles. The summed E-state index contributed by atoms with van der Waals surface area (Å²) in [6, 6.07) is 0. The van der Waals surface area contributed by atoms with E-state index in [4.69, 9.17) is 9.47 Å². The van der Waals surface area contributed by atoms with Gasteiger partial charge in [-0.05, 0) is 19.8 Å². The molecule has 0 heterocycles. The second-order valence-electron chi connectivity index (χ2n) is 3.94. The quantitative estimate of drug-likeness (QED) is 0.403. The number of carbonyl (C=O) groups is 1. The summed E-state index contributed by atoms with van der Waals surface area (Å²) >= 11 is 0. The molecule has 0 fully saturated rings. The van der Waals surface area contributed by atoms with Crippen LogP contribution in [0.25, 0.3) is 0 Å². The lowest BCUT2D eigenvalue weighted by Crippen LogP contribution is -2.07. The van der Waals surface area contributed by atoms with Crippen molar-refractivity contribution in [3.8, 4) is 0 Å². The first kappa shape index (κ1) is 15.4. The molecule has 0 aromatic carbocycles. The van der Waals surface area contributed by atoms with Crippen molar-refractivity contribution in [3.63, 3.8) is 0 Å².